The average molecular weight is 457 g/mol. The molecule has 0 unspecified atom stereocenters. The summed E-state index contributed by atoms with van der Waals surface area (Å²) in [5.74, 6) is 1.28. The second-order valence-corrected chi connectivity index (χ2v) is 8.29. The smallest absolute Gasteiger partial charge is 0.261 e. The Kier molecular flexibility index (Phi) is 7.21. The molecule has 0 saturated heterocycles. The molecular weight excluding hydrogens is 432 g/mol. The summed E-state index contributed by atoms with van der Waals surface area (Å²) in [6, 6.07) is 17.2. The van der Waals surface area contributed by atoms with Gasteiger partial charge in [-0.3, -0.25) is 9.52 Å². The molecule has 0 spiro atoms. The van der Waals surface area contributed by atoms with Gasteiger partial charge in [-0.1, -0.05) is 0 Å². The highest BCUT2D eigenvalue weighted by atomic mass is 32.2. The van der Waals surface area contributed by atoms with Gasteiger partial charge >= 0.3 is 0 Å². The van der Waals surface area contributed by atoms with Crippen LogP contribution in [0, 0.1) is 0 Å². The topological polar surface area (TPSA) is 103 Å². The molecule has 0 aliphatic rings. The van der Waals surface area contributed by atoms with Crippen LogP contribution in [0.5, 0.6) is 17.2 Å². The zero-order valence-corrected chi connectivity index (χ0v) is 18.7. The van der Waals surface area contributed by atoms with Gasteiger partial charge in [0, 0.05) is 17.3 Å². The first-order chi connectivity index (χ1) is 15.4. The van der Waals surface area contributed by atoms with E-state index < -0.39 is 15.9 Å². The highest BCUT2D eigenvalue weighted by molar-refractivity contribution is 7.92. The third kappa shape index (κ3) is 5.50. The van der Waals surface area contributed by atoms with Gasteiger partial charge in [0.15, 0.2) is 0 Å². The molecule has 0 aromatic heterocycles. The van der Waals surface area contributed by atoms with Gasteiger partial charge in [-0.05, 0) is 67.6 Å². The number of hydrogen-bond donors (Lipinski definition) is 2. The van der Waals surface area contributed by atoms with E-state index in [0.717, 1.165) is 0 Å². The fourth-order valence-electron chi connectivity index (χ4n) is 2.88. The van der Waals surface area contributed by atoms with Crippen molar-refractivity contribution in [2.24, 2.45) is 0 Å². The highest BCUT2D eigenvalue weighted by Gasteiger charge is 2.16. The Morgan fingerprint density at radius 2 is 1.53 bits per heavy atom. The number of nitrogens with one attached hydrogen (secondary N) is 2. The molecule has 3 aromatic carbocycles. The van der Waals surface area contributed by atoms with Gasteiger partial charge in [0.2, 0.25) is 0 Å². The van der Waals surface area contributed by atoms with Crippen LogP contribution in [0.3, 0.4) is 0 Å². The van der Waals surface area contributed by atoms with Crippen molar-refractivity contribution in [3.05, 3.63) is 72.3 Å². The maximum absolute atomic E-state index is 12.7. The molecule has 0 aliphatic carbocycles. The van der Waals surface area contributed by atoms with Crippen molar-refractivity contribution < 1.29 is 27.4 Å². The van der Waals surface area contributed by atoms with Crippen LogP contribution in [-0.2, 0) is 10.0 Å². The molecule has 0 heterocycles. The van der Waals surface area contributed by atoms with E-state index >= 15 is 0 Å². The fourth-order valence-corrected chi connectivity index (χ4v) is 3.94. The number of sulfonamides is 1. The van der Waals surface area contributed by atoms with Crippen LogP contribution >= 0.6 is 0 Å². The quantitative estimate of drug-likeness (QED) is 0.501. The van der Waals surface area contributed by atoms with Crippen molar-refractivity contribution in [2.75, 3.05) is 30.9 Å². The van der Waals surface area contributed by atoms with Gasteiger partial charge in [-0.15, -0.1) is 0 Å². The lowest BCUT2D eigenvalue weighted by Crippen LogP contribution is -2.15. The number of anilines is 2. The number of ether oxygens (including phenoxy) is 3. The molecule has 0 bridgehead atoms. The van der Waals surface area contributed by atoms with Gasteiger partial charge in [0.05, 0.1) is 31.4 Å². The molecule has 1 amide bonds. The van der Waals surface area contributed by atoms with Crippen LogP contribution in [0.1, 0.15) is 17.3 Å². The number of amides is 1. The maximum atomic E-state index is 12.7. The van der Waals surface area contributed by atoms with Crippen LogP contribution in [0.2, 0.25) is 0 Å². The zero-order chi connectivity index (χ0) is 23.1. The predicted octanol–water partition coefficient (Wildman–Crippen LogP) is 4.16. The summed E-state index contributed by atoms with van der Waals surface area (Å²) < 4.78 is 43.6. The zero-order valence-electron chi connectivity index (χ0n) is 17.9. The average Bonchev–Trinajstić information content (AvgIpc) is 2.80. The molecule has 0 atom stereocenters. The number of methoxy groups -OCH3 is 2. The summed E-state index contributed by atoms with van der Waals surface area (Å²) in [6.45, 7) is 2.39. The van der Waals surface area contributed by atoms with Crippen LogP contribution in [0.15, 0.2) is 71.6 Å². The van der Waals surface area contributed by atoms with E-state index in [4.69, 9.17) is 14.2 Å². The third-order valence-electron chi connectivity index (χ3n) is 4.50. The van der Waals surface area contributed by atoms with Crippen molar-refractivity contribution in [3.63, 3.8) is 0 Å². The molecule has 0 aliphatic heterocycles. The molecular formula is C23H24N2O6S. The van der Waals surface area contributed by atoms with Crippen molar-refractivity contribution in [1.29, 1.82) is 0 Å². The second-order valence-electron chi connectivity index (χ2n) is 6.61. The summed E-state index contributed by atoms with van der Waals surface area (Å²) in [5.41, 5.74) is 1.16. The largest absolute Gasteiger partial charge is 0.497 e. The van der Waals surface area contributed by atoms with Crippen molar-refractivity contribution in [2.45, 2.75) is 11.8 Å². The molecule has 0 saturated carbocycles. The van der Waals surface area contributed by atoms with Crippen molar-refractivity contribution in [1.82, 2.24) is 0 Å². The Balaban J connectivity index is 1.71. The summed E-state index contributed by atoms with van der Waals surface area (Å²) in [4.78, 5) is 12.6. The minimum atomic E-state index is -3.81. The normalized spacial score (nSPS) is 10.8. The Morgan fingerprint density at radius 1 is 0.875 bits per heavy atom. The molecule has 9 heteroatoms. The Labute approximate surface area is 187 Å². The van der Waals surface area contributed by atoms with E-state index in [0.29, 0.717) is 40.8 Å². The molecule has 3 rings (SSSR count). The predicted molar refractivity (Wildman–Crippen MR) is 122 cm³/mol. The SMILES string of the molecule is CCOc1ccc(NS(=O)(=O)c2ccc(C(=O)Nc3ccc(OC)cc3OC)cc2)cc1. The van der Waals surface area contributed by atoms with E-state index in [2.05, 4.69) is 10.0 Å². The van der Waals surface area contributed by atoms with E-state index in [1.807, 2.05) is 6.92 Å². The molecule has 168 valence electrons. The molecule has 3 aromatic rings. The van der Waals surface area contributed by atoms with E-state index in [9.17, 15) is 13.2 Å². The molecule has 2 N–H and O–H groups in total. The molecule has 32 heavy (non-hydrogen) atoms. The lowest BCUT2D eigenvalue weighted by atomic mass is 10.2. The third-order valence-corrected chi connectivity index (χ3v) is 5.90. The number of carbonyl (C=O) groups excluding carboxylic acids is 1. The van der Waals surface area contributed by atoms with E-state index in [1.54, 1.807) is 42.5 Å². The number of carbonyl (C=O) groups is 1. The summed E-state index contributed by atoms with van der Waals surface area (Å²) in [7, 11) is -0.792. The van der Waals surface area contributed by atoms with E-state index in [1.165, 1.54) is 38.5 Å². The summed E-state index contributed by atoms with van der Waals surface area (Å²) in [6.07, 6.45) is 0. The Hall–Kier alpha value is -3.72. The number of rotatable bonds is 9. The summed E-state index contributed by atoms with van der Waals surface area (Å²) in [5, 5.41) is 2.75. The first kappa shape index (κ1) is 23.0. The van der Waals surface area contributed by atoms with Crippen LogP contribution in [0.4, 0.5) is 11.4 Å². The Bertz CT molecular complexity index is 1180. The Morgan fingerprint density at radius 3 is 2.12 bits per heavy atom. The first-order valence-corrected chi connectivity index (χ1v) is 11.2. The fraction of sp³-hybridized carbons (Fsp3) is 0.174. The molecule has 8 nitrogen and oxygen atoms in total. The molecule has 0 radical (unpaired) electrons. The molecule has 0 fully saturated rings. The van der Waals surface area contributed by atoms with E-state index in [-0.39, 0.29) is 4.90 Å². The number of hydrogen-bond acceptors (Lipinski definition) is 6. The van der Waals surface area contributed by atoms with Gasteiger partial charge in [-0.25, -0.2) is 8.42 Å². The van der Waals surface area contributed by atoms with Crippen molar-refractivity contribution >= 4 is 27.3 Å². The standard InChI is InChI=1S/C23H24N2O6S/c1-4-31-18-9-7-17(8-10-18)25-32(27,28)20-12-5-16(6-13-20)23(26)24-21-14-11-19(29-2)15-22(21)30-3/h5-15,25H,4H2,1-3H3,(H,24,26). The van der Waals surface area contributed by atoms with Crippen LogP contribution < -0.4 is 24.2 Å². The maximum Gasteiger partial charge on any atom is 0.261 e. The highest BCUT2D eigenvalue weighted by Crippen LogP contribution is 2.29. The van der Waals surface area contributed by atoms with Crippen LogP contribution in [-0.4, -0.2) is 35.2 Å². The van der Waals surface area contributed by atoms with Crippen LogP contribution in [0.25, 0.3) is 0 Å². The van der Waals surface area contributed by atoms with Gasteiger partial charge in [-0.2, -0.15) is 0 Å². The monoisotopic (exact) mass is 456 g/mol. The second kappa shape index (κ2) is 10.1. The first-order valence-electron chi connectivity index (χ1n) is 9.75. The minimum absolute atomic E-state index is 0.0324. The summed E-state index contributed by atoms with van der Waals surface area (Å²) >= 11 is 0. The minimum Gasteiger partial charge on any atom is -0.497 e. The van der Waals surface area contributed by atoms with Gasteiger partial charge < -0.3 is 19.5 Å². The lowest BCUT2D eigenvalue weighted by molar-refractivity contribution is 0.102. The van der Waals surface area contributed by atoms with Crippen molar-refractivity contribution in [3.8, 4) is 17.2 Å². The number of benzene rings is 3. The van der Waals surface area contributed by atoms with Gasteiger partial charge in [0.25, 0.3) is 15.9 Å². The lowest BCUT2D eigenvalue weighted by Gasteiger charge is -2.12. The van der Waals surface area contributed by atoms with Gasteiger partial charge in [0.1, 0.15) is 17.2 Å².